The van der Waals surface area contributed by atoms with Gasteiger partial charge in [-0.1, -0.05) is 48.6 Å². The highest BCUT2D eigenvalue weighted by atomic mass is 15.2. The Morgan fingerprint density at radius 2 is 1.79 bits per heavy atom. The van der Waals surface area contributed by atoms with Crippen LogP contribution in [0.15, 0.2) is 86.1 Å². The summed E-state index contributed by atoms with van der Waals surface area (Å²) in [6.45, 7) is 12.4. The Balaban J connectivity index is 1.47. The number of benzene rings is 2. The summed E-state index contributed by atoms with van der Waals surface area (Å²) < 4.78 is 0. The van der Waals surface area contributed by atoms with E-state index in [-0.39, 0.29) is 6.04 Å². The number of fused-ring (bicyclic) bond motifs is 2. The van der Waals surface area contributed by atoms with Crippen LogP contribution in [-0.4, -0.2) is 32.9 Å². The number of nitrogens with one attached hydrogen (secondary N) is 3. The SMILES string of the molecule is C=CCNCc1ccc(CN(Cc2nc3ccccc3[nH]2)C2CCCc3cccnc32)c(CNCC=C)c1. The van der Waals surface area contributed by atoms with Gasteiger partial charge >= 0.3 is 0 Å². The van der Waals surface area contributed by atoms with E-state index >= 15 is 0 Å². The van der Waals surface area contributed by atoms with Crippen LogP contribution in [0.2, 0.25) is 0 Å². The molecule has 0 amide bonds. The van der Waals surface area contributed by atoms with Crippen LogP contribution in [0.25, 0.3) is 11.0 Å². The topological polar surface area (TPSA) is 68.9 Å². The van der Waals surface area contributed by atoms with Crippen molar-refractivity contribution in [2.75, 3.05) is 13.1 Å². The second kappa shape index (κ2) is 12.8. The molecule has 2 aromatic carbocycles. The molecule has 5 rings (SSSR count). The van der Waals surface area contributed by atoms with E-state index in [4.69, 9.17) is 9.97 Å². The molecule has 0 aliphatic heterocycles. The van der Waals surface area contributed by atoms with E-state index in [2.05, 4.69) is 82.2 Å². The molecule has 1 unspecified atom stereocenters. The lowest BCUT2D eigenvalue weighted by Crippen LogP contribution is -2.32. The highest BCUT2D eigenvalue weighted by molar-refractivity contribution is 5.74. The van der Waals surface area contributed by atoms with Crippen molar-refractivity contribution < 1.29 is 0 Å². The van der Waals surface area contributed by atoms with Gasteiger partial charge in [0.15, 0.2) is 0 Å². The van der Waals surface area contributed by atoms with Crippen molar-refractivity contribution in [2.24, 2.45) is 0 Å². The van der Waals surface area contributed by atoms with Crippen molar-refractivity contribution in [3.05, 3.63) is 120 Å². The number of hydrogen-bond acceptors (Lipinski definition) is 5. The monoisotopic (exact) mass is 506 g/mol. The van der Waals surface area contributed by atoms with Gasteiger partial charge in [0.1, 0.15) is 5.82 Å². The van der Waals surface area contributed by atoms with E-state index in [1.165, 1.54) is 34.4 Å². The first-order valence-electron chi connectivity index (χ1n) is 13.6. The summed E-state index contributed by atoms with van der Waals surface area (Å²) in [5.74, 6) is 0.992. The molecular formula is C32H38N6. The van der Waals surface area contributed by atoms with Gasteiger partial charge in [0.05, 0.1) is 29.3 Å². The van der Waals surface area contributed by atoms with Gasteiger partial charge in [0.2, 0.25) is 0 Å². The third kappa shape index (κ3) is 6.27. The van der Waals surface area contributed by atoms with Crippen molar-refractivity contribution in [3.63, 3.8) is 0 Å². The van der Waals surface area contributed by atoms with Crippen molar-refractivity contribution in [3.8, 4) is 0 Å². The first-order chi connectivity index (χ1) is 18.7. The number of hydrogen-bond donors (Lipinski definition) is 3. The quantitative estimate of drug-likeness (QED) is 0.163. The van der Waals surface area contributed by atoms with Crippen LogP contribution in [0.3, 0.4) is 0 Å². The average molecular weight is 507 g/mol. The molecule has 2 heterocycles. The van der Waals surface area contributed by atoms with E-state index in [1.807, 2.05) is 24.4 Å². The molecule has 2 aromatic heterocycles. The zero-order chi connectivity index (χ0) is 26.2. The minimum absolute atomic E-state index is 0.246. The summed E-state index contributed by atoms with van der Waals surface area (Å²) in [6.07, 6.45) is 9.10. The van der Waals surface area contributed by atoms with Gasteiger partial charge in [-0.3, -0.25) is 9.88 Å². The Hall–Kier alpha value is -3.58. The molecule has 38 heavy (non-hydrogen) atoms. The second-order valence-electron chi connectivity index (χ2n) is 10.0. The molecule has 1 aliphatic carbocycles. The van der Waals surface area contributed by atoms with E-state index in [0.717, 1.165) is 69.0 Å². The minimum atomic E-state index is 0.246. The number of pyridine rings is 1. The van der Waals surface area contributed by atoms with Crippen LogP contribution in [0.1, 0.15) is 52.7 Å². The molecule has 0 spiro atoms. The number of H-pyrrole nitrogens is 1. The third-order valence-corrected chi connectivity index (χ3v) is 7.26. The van der Waals surface area contributed by atoms with Crippen LogP contribution in [-0.2, 0) is 32.6 Å². The fourth-order valence-corrected chi connectivity index (χ4v) is 5.44. The largest absolute Gasteiger partial charge is 0.341 e. The molecule has 1 aliphatic rings. The highest BCUT2D eigenvalue weighted by Crippen LogP contribution is 2.35. The summed E-state index contributed by atoms with van der Waals surface area (Å²) in [5.41, 5.74) is 8.59. The minimum Gasteiger partial charge on any atom is -0.341 e. The summed E-state index contributed by atoms with van der Waals surface area (Å²) in [5, 5.41) is 6.95. The van der Waals surface area contributed by atoms with Crippen LogP contribution in [0, 0.1) is 0 Å². The fourth-order valence-electron chi connectivity index (χ4n) is 5.44. The van der Waals surface area contributed by atoms with E-state index in [0.29, 0.717) is 0 Å². The van der Waals surface area contributed by atoms with Gasteiger partial charge in [-0.2, -0.15) is 0 Å². The molecule has 0 bridgehead atoms. The fraction of sp³-hybridized carbons (Fsp3) is 0.312. The van der Waals surface area contributed by atoms with Gasteiger partial charge in [-0.05, 0) is 59.7 Å². The number of aromatic amines is 1. The number of rotatable bonds is 13. The predicted octanol–water partition coefficient (Wildman–Crippen LogP) is 5.59. The number of aryl methyl sites for hydroxylation is 1. The van der Waals surface area contributed by atoms with Crippen LogP contribution >= 0.6 is 0 Å². The Morgan fingerprint density at radius 3 is 2.63 bits per heavy atom. The molecule has 0 fully saturated rings. The molecule has 0 radical (unpaired) electrons. The lowest BCUT2D eigenvalue weighted by atomic mass is 9.90. The number of nitrogens with zero attached hydrogens (tertiary/aromatic N) is 3. The Labute approximate surface area is 225 Å². The maximum atomic E-state index is 4.93. The van der Waals surface area contributed by atoms with Gasteiger partial charge in [0, 0.05) is 38.9 Å². The Kier molecular flexibility index (Phi) is 8.76. The number of para-hydroxylation sites is 2. The van der Waals surface area contributed by atoms with Crippen molar-refractivity contribution >= 4 is 11.0 Å². The highest BCUT2D eigenvalue weighted by Gasteiger charge is 2.28. The van der Waals surface area contributed by atoms with Crippen LogP contribution in [0.5, 0.6) is 0 Å². The molecule has 3 N–H and O–H groups in total. The predicted molar refractivity (Wildman–Crippen MR) is 156 cm³/mol. The summed E-state index contributed by atoms with van der Waals surface area (Å²) >= 11 is 0. The molecule has 6 heteroatoms. The Morgan fingerprint density at radius 1 is 0.947 bits per heavy atom. The molecule has 0 saturated carbocycles. The maximum absolute atomic E-state index is 4.93. The number of aromatic nitrogens is 3. The number of imidazole rings is 1. The standard InChI is InChI=1S/C32H38N6/c1-3-16-33-20-24-14-15-26(27(19-24)21-34-17-4-2)22-38(23-31-36-28-11-5-6-12-29(28)37-31)30-13-7-9-25-10-8-18-35-32(25)30/h3-6,8,10-12,14-15,18-19,30,33-34H,1-2,7,9,13,16-17,20-23H2,(H,36,37). The Bertz CT molecular complexity index is 1340. The van der Waals surface area contributed by atoms with Crippen LogP contribution < -0.4 is 10.6 Å². The normalized spacial score (nSPS) is 15.0. The average Bonchev–Trinajstić information content (AvgIpc) is 3.36. The summed E-state index contributed by atoms with van der Waals surface area (Å²) in [4.78, 5) is 15.9. The lowest BCUT2D eigenvalue weighted by molar-refractivity contribution is 0.153. The van der Waals surface area contributed by atoms with Gasteiger partial charge in [-0.25, -0.2) is 4.98 Å². The molecule has 1 atom stereocenters. The van der Waals surface area contributed by atoms with Gasteiger partial charge in [0.25, 0.3) is 0 Å². The second-order valence-corrected chi connectivity index (χ2v) is 10.0. The lowest BCUT2D eigenvalue weighted by Gasteiger charge is -2.35. The zero-order valence-electron chi connectivity index (χ0n) is 22.1. The molecule has 6 nitrogen and oxygen atoms in total. The molecule has 0 saturated heterocycles. The van der Waals surface area contributed by atoms with Crippen molar-refractivity contribution in [1.29, 1.82) is 0 Å². The first kappa shape index (κ1) is 26.0. The molecule has 196 valence electrons. The van der Waals surface area contributed by atoms with Gasteiger partial charge in [-0.15, -0.1) is 13.2 Å². The maximum Gasteiger partial charge on any atom is 0.121 e. The van der Waals surface area contributed by atoms with Crippen molar-refractivity contribution in [1.82, 2.24) is 30.5 Å². The van der Waals surface area contributed by atoms with Crippen molar-refractivity contribution in [2.45, 2.75) is 51.5 Å². The smallest absolute Gasteiger partial charge is 0.121 e. The van der Waals surface area contributed by atoms with E-state index < -0.39 is 0 Å². The van der Waals surface area contributed by atoms with E-state index in [1.54, 1.807) is 0 Å². The molecule has 4 aromatic rings. The molecular weight excluding hydrogens is 468 g/mol. The summed E-state index contributed by atoms with van der Waals surface area (Å²) in [6, 6.07) is 19.7. The third-order valence-electron chi connectivity index (χ3n) is 7.26. The van der Waals surface area contributed by atoms with Crippen LogP contribution in [0.4, 0.5) is 0 Å². The van der Waals surface area contributed by atoms with E-state index in [9.17, 15) is 0 Å². The van der Waals surface area contributed by atoms with Gasteiger partial charge < -0.3 is 15.6 Å². The summed E-state index contributed by atoms with van der Waals surface area (Å²) in [7, 11) is 0. The zero-order valence-corrected chi connectivity index (χ0v) is 22.1. The first-order valence-corrected chi connectivity index (χ1v) is 13.6.